The summed E-state index contributed by atoms with van der Waals surface area (Å²) >= 11 is 6.22. The summed E-state index contributed by atoms with van der Waals surface area (Å²) in [5.74, 6) is 0. The average Bonchev–Trinajstić information content (AvgIpc) is 1.97. The number of unbranched alkanes of at least 4 members (excludes halogenated alkanes) is 3. The van der Waals surface area contributed by atoms with Gasteiger partial charge in [-0.05, 0) is 22.4 Å². The van der Waals surface area contributed by atoms with Crippen LogP contribution in [0.5, 0.6) is 0 Å². The Hall–Kier alpha value is 0.920. The molecule has 74 valence electrons. The van der Waals surface area contributed by atoms with E-state index < -0.39 is 0 Å². The van der Waals surface area contributed by atoms with Crippen molar-refractivity contribution in [1.29, 1.82) is 0 Å². The van der Waals surface area contributed by atoms with Gasteiger partial charge in [0.15, 0.2) is 0 Å². The summed E-state index contributed by atoms with van der Waals surface area (Å²) in [4.78, 5) is 10.7. The molecule has 0 radical (unpaired) electrons. The van der Waals surface area contributed by atoms with Crippen molar-refractivity contribution in [3.8, 4) is 0 Å². The number of rotatable bonds is 6. The summed E-state index contributed by atoms with van der Waals surface area (Å²) in [6.45, 7) is 2.18. The second-order valence-corrected chi connectivity index (χ2v) is 4.51. The first kappa shape index (κ1) is 15.4. The van der Waals surface area contributed by atoms with Gasteiger partial charge >= 0.3 is 0 Å². The standard InChI is InChI=1S/C8H14Br2O.ClH/c1-2-3-4-5-6-7(9)8(10)11;/h7H,2-6H2,1H3;1H. The minimum Gasteiger partial charge on any atom is -0.285 e. The number of hydrogen-bond acceptors (Lipinski definition) is 1. The molecule has 0 heterocycles. The predicted octanol–water partition coefficient (Wildman–Crippen LogP) is 4.06. The van der Waals surface area contributed by atoms with Gasteiger partial charge in [-0.15, -0.1) is 12.4 Å². The van der Waals surface area contributed by atoms with Crippen LogP contribution in [0.4, 0.5) is 0 Å². The van der Waals surface area contributed by atoms with Crippen LogP contribution in [0, 0.1) is 0 Å². The van der Waals surface area contributed by atoms with Crippen LogP contribution in [0.15, 0.2) is 0 Å². The normalized spacial score (nSPS) is 11.9. The summed E-state index contributed by atoms with van der Waals surface area (Å²) in [7, 11) is 0. The zero-order chi connectivity index (χ0) is 8.69. The summed E-state index contributed by atoms with van der Waals surface area (Å²) in [6.07, 6.45) is 5.84. The highest BCUT2D eigenvalue weighted by molar-refractivity contribution is 9.20. The van der Waals surface area contributed by atoms with Crippen molar-refractivity contribution >= 4 is 49.0 Å². The van der Waals surface area contributed by atoms with Crippen LogP contribution in [0.1, 0.15) is 39.0 Å². The third-order valence-electron chi connectivity index (χ3n) is 1.56. The number of alkyl halides is 1. The van der Waals surface area contributed by atoms with Crippen molar-refractivity contribution in [3.63, 3.8) is 0 Å². The number of carbonyl (C=O) groups excluding carboxylic acids is 1. The van der Waals surface area contributed by atoms with Crippen molar-refractivity contribution in [2.75, 3.05) is 0 Å². The molecule has 4 heteroatoms. The fraction of sp³-hybridized carbons (Fsp3) is 0.875. The lowest BCUT2D eigenvalue weighted by atomic mass is 10.1. The van der Waals surface area contributed by atoms with Crippen LogP contribution >= 0.6 is 44.3 Å². The fourth-order valence-corrected chi connectivity index (χ4v) is 1.42. The minimum atomic E-state index is 0. The van der Waals surface area contributed by atoms with Crippen molar-refractivity contribution in [3.05, 3.63) is 0 Å². The molecular weight excluding hydrogens is 307 g/mol. The van der Waals surface area contributed by atoms with E-state index >= 15 is 0 Å². The Morgan fingerprint density at radius 3 is 2.33 bits per heavy atom. The highest BCUT2D eigenvalue weighted by Crippen LogP contribution is 2.14. The molecule has 1 nitrogen and oxygen atoms in total. The second-order valence-electron chi connectivity index (χ2n) is 2.62. The Morgan fingerprint density at radius 2 is 1.92 bits per heavy atom. The highest BCUT2D eigenvalue weighted by atomic mass is 79.9. The lowest BCUT2D eigenvalue weighted by molar-refractivity contribution is -0.109. The molecule has 0 spiro atoms. The molecule has 0 bridgehead atoms. The molecule has 0 aromatic rings. The Labute approximate surface area is 97.3 Å². The minimum absolute atomic E-state index is 0. The number of hydrogen-bond donors (Lipinski definition) is 0. The molecule has 0 aromatic heterocycles. The van der Waals surface area contributed by atoms with E-state index in [4.69, 9.17) is 0 Å². The Morgan fingerprint density at radius 1 is 1.33 bits per heavy atom. The van der Waals surface area contributed by atoms with Crippen molar-refractivity contribution in [2.24, 2.45) is 0 Å². The fourth-order valence-electron chi connectivity index (χ4n) is 0.864. The van der Waals surface area contributed by atoms with E-state index in [9.17, 15) is 4.79 Å². The number of halogens is 3. The smallest absolute Gasteiger partial charge is 0.211 e. The third kappa shape index (κ3) is 9.01. The maximum absolute atomic E-state index is 10.7. The van der Waals surface area contributed by atoms with Gasteiger partial charge in [-0.25, -0.2) is 0 Å². The predicted molar refractivity (Wildman–Crippen MR) is 62.7 cm³/mol. The molecule has 0 aliphatic rings. The van der Waals surface area contributed by atoms with Gasteiger partial charge in [0.2, 0.25) is 4.69 Å². The van der Waals surface area contributed by atoms with Crippen LogP contribution in [0.3, 0.4) is 0 Å². The van der Waals surface area contributed by atoms with Gasteiger partial charge in [0.05, 0.1) is 4.83 Å². The Balaban J connectivity index is 0. The summed E-state index contributed by atoms with van der Waals surface area (Å²) in [6, 6.07) is 0. The molecule has 0 saturated heterocycles. The van der Waals surface area contributed by atoms with E-state index in [0.29, 0.717) is 0 Å². The SMILES string of the molecule is CCCCCCC(Br)C(=O)Br.Cl. The van der Waals surface area contributed by atoms with Crippen LogP contribution in [0.25, 0.3) is 0 Å². The summed E-state index contributed by atoms with van der Waals surface area (Å²) < 4.78 is 0.0639. The Kier molecular flexibility index (Phi) is 12.8. The molecule has 0 N–H and O–H groups in total. The van der Waals surface area contributed by atoms with E-state index in [2.05, 4.69) is 38.8 Å². The van der Waals surface area contributed by atoms with Crippen LogP contribution in [-0.2, 0) is 4.79 Å². The van der Waals surface area contributed by atoms with Gasteiger partial charge in [-0.1, -0.05) is 48.5 Å². The van der Waals surface area contributed by atoms with Gasteiger partial charge < -0.3 is 0 Å². The highest BCUT2D eigenvalue weighted by Gasteiger charge is 2.09. The molecule has 0 aromatic carbocycles. The van der Waals surface area contributed by atoms with Crippen molar-refractivity contribution in [1.82, 2.24) is 0 Å². The quantitative estimate of drug-likeness (QED) is 0.409. The molecule has 0 aliphatic heterocycles. The summed E-state index contributed by atoms with van der Waals surface area (Å²) in [5, 5.41) is 0. The monoisotopic (exact) mass is 320 g/mol. The zero-order valence-electron chi connectivity index (χ0n) is 7.19. The zero-order valence-corrected chi connectivity index (χ0v) is 11.2. The largest absolute Gasteiger partial charge is 0.285 e. The average molecular weight is 322 g/mol. The molecule has 1 unspecified atom stereocenters. The van der Waals surface area contributed by atoms with Crippen LogP contribution in [0.2, 0.25) is 0 Å². The molecule has 0 amide bonds. The molecule has 0 aliphatic carbocycles. The van der Waals surface area contributed by atoms with E-state index in [1.165, 1.54) is 19.3 Å². The molecular formula is C8H15Br2ClO. The van der Waals surface area contributed by atoms with E-state index in [-0.39, 0.29) is 21.9 Å². The van der Waals surface area contributed by atoms with Crippen molar-refractivity contribution < 1.29 is 4.79 Å². The first-order valence-corrected chi connectivity index (χ1v) is 5.72. The molecule has 12 heavy (non-hydrogen) atoms. The van der Waals surface area contributed by atoms with E-state index in [1.807, 2.05) is 0 Å². The van der Waals surface area contributed by atoms with Gasteiger partial charge in [-0.2, -0.15) is 0 Å². The molecule has 0 rings (SSSR count). The van der Waals surface area contributed by atoms with Crippen LogP contribution in [-0.4, -0.2) is 9.52 Å². The van der Waals surface area contributed by atoms with E-state index in [0.717, 1.165) is 12.8 Å². The van der Waals surface area contributed by atoms with Crippen molar-refractivity contribution in [2.45, 2.75) is 43.9 Å². The number of carbonyl (C=O) groups is 1. The summed E-state index contributed by atoms with van der Waals surface area (Å²) in [5.41, 5.74) is 0. The lowest BCUT2D eigenvalue weighted by Crippen LogP contribution is -2.05. The topological polar surface area (TPSA) is 17.1 Å². The third-order valence-corrected chi connectivity index (χ3v) is 3.60. The van der Waals surface area contributed by atoms with Gasteiger partial charge in [-0.3, -0.25) is 4.79 Å². The first-order chi connectivity index (χ1) is 5.18. The Bertz CT molecular complexity index is 120. The van der Waals surface area contributed by atoms with Gasteiger partial charge in [0, 0.05) is 0 Å². The lowest BCUT2D eigenvalue weighted by Gasteiger charge is -2.02. The maximum atomic E-state index is 10.7. The second kappa shape index (κ2) is 10.0. The van der Waals surface area contributed by atoms with Gasteiger partial charge in [0.1, 0.15) is 0 Å². The molecule has 1 atom stereocenters. The van der Waals surface area contributed by atoms with Gasteiger partial charge in [0.25, 0.3) is 0 Å². The first-order valence-electron chi connectivity index (χ1n) is 4.02. The molecule has 0 saturated carbocycles. The van der Waals surface area contributed by atoms with E-state index in [1.54, 1.807) is 0 Å². The maximum Gasteiger partial charge on any atom is 0.211 e. The molecule has 0 fully saturated rings. The van der Waals surface area contributed by atoms with Crippen LogP contribution < -0.4 is 0 Å².